The van der Waals surface area contributed by atoms with Gasteiger partial charge in [-0.25, -0.2) is 0 Å². The lowest BCUT2D eigenvalue weighted by molar-refractivity contribution is -0.138. The van der Waals surface area contributed by atoms with Gasteiger partial charge in [0.15, 0.2) is 0 Å². The number of carboxylic acids is 1. The number of aliphatic carboxylic acids is 1. The van der Waals surface area contributed by atoms with Gasteiger partial charge in [-0.2, -0.15) is 26.3 Å². The number of carbonyl (C=O) groups is 1. The molecule has 0 unspecified atom stereocenters. The Hall–Kier alpha value is -3.55. The van der Waals surface area contributed by atoms with Crippen LogP contribution in [0.4, 0.5) is 26.3 Å². The third-order valence-electron chi connectivity index (χ3n) is 5.57. The van der Waals surface area contributed by atoms with E-state index >= 15 is 0 Å². The fraction of sp³-hybridized carbons (Fsp3) is 0.250. The molecule has 0 amide bonds. The van der Waals surface area contributed by atoms with E-state index in [9.17, 15) is 36.2 Å². The average Bonchev–Trinajstić information content (AvgIpc) is 2.78. The normalized spacial score (nSPS) is 12.8. The Bertz CT molecular complexity index is 1240. The minimum absolute atomic E-state index is 0.232. The number of carboxylic acid groups (broad SMARTS) is 1. The largest absolute Gasteiger partial charge is 0.481 e. The first-order chi connectivity index (χ1) is 16.8. The summed E-state index contributed by atoms with van der Waals surface area (Å²) >= 11 is 0. The molecule has 0 spiro atoms. The second kappa shape index (κ2) is 10.6. The smallest absolute Gasteiger partial charge is 0.416 e. The van der Waals surface area contributed by atoms with Gasteiger partial charge >= 0.3 is 18.3 Å². The van der Waals surface area contributed by atoms with E-state index in [1.165, 1.54) is 24.3 Å². The predicted molar refractivity (Wildman–Crippen MR) is 126 cm³/mol. The van der Waals surface area contributed by atoms with Crippen molar-refractivity contribution in [1.29, 1.82) is 0 Å². The van der Waals surface area contributed by atoms with E-state index < -0.39 is 29.4 Å². The molecule has 8 heteroatoms. The molecule has 0 heterocycles. The first-order valence-electron chi connectivity index (χ1n) is 11.2. The van der Waals surface area contributed by atoms with Crippen molar-refractivity contribution in [2.45, 2.75) is 39.0 Å². The summed E-state index contributed by atoms with van der Waals surface area (Å²) in [5.74, 6) is -0.838. The summed E-state index contributed by atoms with van der Waals surface area (Å²) in [5, 5.41) is 9.22. The fourth-order valence-electron chi connectivity index (χ4n) is 3.76. The second-order valence-electron chi connectivity index (χ2n) is 8.85. The maximum atomic E-state index is 13.1. The van der Waals surface area contributed by atoms with Gasteiger partial charge in [0, 0.05) is 0 Å². The number of hydrogen-bond donors (Lipinski definition) is 1. The van der Waals surface area contributed by atoms with Crippen molar-refractivity contribution in [3.05, 3.63) is 101 Å². The standard InChI is InChI=1S/C28H24F6O2/c1-17(2)3-13-23(19-5-9-21(10-6-19)27(29,30)31)24-14-4-18(16-26(35)36)15-25(24)20-7-11-22(12-8-20)28(32,33)34/h4-15,17H,3,16H2,1-2H3,(H,35,36)/b23-13+. The van der Waals surface area contributed by atoms with Crippen LogP contribution >= 0.6 is 0 Å². The Kier molecular flexibility index (Phi) is 7.96. The van der Waals surface area contributed by atoms with E-state index in [0.717, 1.165) is 24.3 Å². The first kappa shape index (κ1) is 27.0. The maximum absolute atomic E-state index is 13.1. The second-order valence-corrected chi connectivity index (χ2v) is 8.85. The zero-order valence-corrected chi connectivity index (χ0v) is 19.5. The summed E-state index contributed by atoms with van der Waals surface area (Å²) in [7, 11) is 0. The van der Waals surface area contributed by atoms with E-state index in [1.54, 1.807) is 18.2 Å². The summed E-state index contributed by atoms with van der Waals surface area (Å²) < 4.78 is 78.6. The van der Waals surface area contributed by atoms with Crippen molar-refractivity contribution in [2.24, 2.45) is 5.92 Å². The fourth-order valence-corrected chi connectivity index (χ4v) is 3.76. The Morgan fingerprint density at radius 3 is 1.83 bits per heavy atom. The molecular weight excluding hydrogens is 482 g/mol. The molecule has 0 aliphatic rings. The van der Waals surface area contributed by atoms with Crippen LogP contribution < -0.4 is 0 Å². The van der Waals surface area contributed by atoms with E-state index in [4.69, 9.17) is 0 Å². The van der Waals surface area contributed by atoms with E-state index in [2.05, 4.69) is 0 Å². The van der Waals surface area contributed by atoms with Gasteiger partial charge in [0.1, 0.15) is 0 Å². The van der Waals surface area contributed by atoms with Crippen molar-refractivity contribution in [3.8, 4) is 11.1 Å². The van der Waals surface area contributed by atoms with Gasteiger partial charge in [-0.3, -0.25) is 4.79 Å². The average molecular weight is 506 g/mol. The summed E-state index contributed by atoms with van der Waals surface area (Å²) in [5.41, 5.74) is 1.41. The van der Waals surface area contributed by atoms with Crippen LogP contribution in [-0.4, -0.2) is 11.1 Å². The maximum Gasteiger partial charge on any atom is 0.416 e. The van der Waals surface area contributed by atoms with Gasteiger partial charge in [-0.1, -0.05) is 56.3 Å². The van der Waals surface area contributed by atoms with Crippen molar-refractivity contribution in [3.63, 3.8) is 0 Å². The third-order valence-corrected chi connectivity index (χ3v) is 5.57. The number of hydrogen-bond acceptors (Lipinski definition) is 1. The van der Waals surface area contributed by atoms with Crippen molar-refractivity contribution in [1.82, 2.24) is 0 Å². The topological polar surface area (TPSA) is 37.3 Å². The van der Waals surface area contributed by atoms with Crippen molar-refractivity contribution in [2.75, 3.05) is 0 Å². The van der Waals surface area contributed by atoms with Crippen LogP contribution in [0.15, 0.2) is 72.8 Å². The van der Waals surface area contributed by atoms with Gasteiger partial charge in [0.25, 0.3) is 0 Å². The molecule has 0 atom stereocenters. The number of allylic oxidation sites excluding steroid dienone is 1. The molecule has 0 aromatic heterocycles. The van der Waals surface area contributed by atoms with Gasteiger partial charge in [0.2, 0.25) is 0 Å². The Morgan fingerprint density at radius 2 is 1.36 bits per heavy atom. The molecule has 190 valence electrons. The zero-order chi connectivity index (χ0) is 26.7. The molecule has 3 rings (SSSR count). The van der Waals surface area contributed by atoms with Crippen molar-refractivity contribution >= 4 is 11.5 Å². The van der Waals surface area contributed by atoms with Crippen LogP contribution in [0.1, 0.15) is 48.1 Å². The summed E-state index contributed by atoms with van der Waals surface area (Å²) in [4.78, 5) is 11.3. The van der Waals surface area contributed by atoms with Crippen LogP contribution in [0.3, 0.4) is 0 Å². The SMILES string of the molecule is CC(C)C/C=C(\c1ccc(C(F)(F)F)cc1)c1ccc(CC(=O)O)cc1-c1ccc(C(F)(F)F)cc1. The molecule has 0 aliphatic carbocycles. The van der Waals surface area contributed by atoms with Crippen LogP contribution in [0.2, 0.25) is 0 Å². The summed E-state index contributed by atoms with van der Waals surface area (Å²) in [6, 6.07) is 14.0. The lowest BCUT2D eigenvalue weighted by Crippen LogP contribution is -2.05. The molecule has 36 heavy (non-hydrogen) atoms. The number of halogens is 6. The number of rotatable bonds is 7. The quantitative estimate of drug-likeness (QED) is 0.326. The lowest BCUT2D eigenvalue weighted by Gasteiger charge is -2.18. The molecule has 1 N–H and O–H groups in total. The first-order valence-corrected chi connectivity index (χ1v) is 11.2. The molecule has 3 aromatic carbocycles. The molecular formula is C28H24F6O2. The van der Waals surface area contributed by atoms with Crippen molar-refractivity contribution < 1.29 is 36.2 Å². The molecule has 0 aliphatic heterocycles. The molecule has 0 saturated carbocycles. The molecule has 2 nitrogen and oxygen atoms in total. The minimum atomic E-state index is -4.52. The lowest BCUT2D eigenvalue weighted by atomic mass is 9.87. The Morgan fingerprint density at radius 1 is 0.833 bits per heavy atom. The Balaban J connectivity index is 2.20. The summed E-state index contributed by atoms with van der Waals surface area (Å²) in [6.45, 7) is 3.96. The van der Waals surface area contributed by atoms with Crippen LogP contribution in [0.5, 0.6) is 0 Å². The molecule has 0 radical (unpaired) electrons. The van der Waals surface area contributed by atoms with Crippen LogP contribution in [0, 0.1) is 5.92 Å². The Labute approximate surface area is 204 Å². The van der Waals surface area contributed by atoms with Gasteiger partial charge < -0.3 is 5.11 Å². The van der Waals surface area contributed by atoms with Gasteiger partial charge in [-0.15, -0.1) is 0 Å². The minimum Gasteiger partial charge on any atom is -0.481 e. The van der Waals surface area contributed by atoms with Gasteiger partial charge in [-0.05, 0) is 76.1 Å². The van der Waals surface area contributed by atoms with E-state index in [0.29, 0.717) is 39.8 Å². The predicted octanol–water partition coefficient (Wildman–Crippen LogP) is 8.50. The zero-order valence-electron chi connectivity index (χ0n) is 19.5. The third kappa shape index (κ3) is 6.77. The van der Waals surface area contributed by atoms with Crippen LogP contribution in [-0.2, 0) is 23.6 Å². The molecule has 0 bridgehead atoms. The number of alkyl halides is 6. The highest BCUT2D eigenvalue weighted by molar-refractivity contribution is 5.89. The van der Waals surface area contributed by atoms with E-state index in [1.807, 2.05) is 19.9 Å². The van der Waals surface area contributed by atoms with E-state index in [-0.39, 0.29) is 12.3 Å². The number of benzene rings is 3. The monoisotopic (exact) mass is 506 g/mol. The molecule has 0 saturated heterocycles. The summed E-state index contributed by atoms with van der Waals surface area (Å²) in [6.07, 6.45) is -6.83. The highest BCUT2D eigenvalue weighted by Gasteiger charge is 2.31. The highest BCUT2D eigenvalue weighted by Crippen LogP contribution is 2.38. The molecule has 3 aromatic rings. The molecule has 0 fully saturated rings. The van der Waals surface area contributed by atoms with Gasteiger partial charge in [0.05, 0.1) is 17.5 Å². The highest BCUT2D eigenvalue weighted by atomic mass is 19.4. The van der Waals surface area contributed by atoms with Crippen LogP contribution in [0.25, 0.3) is 16.7 Å².